The van der Waals surface area contributed by atoms with E-state index in [0.717, 1.165) is 0 Å². The fourth-order valence-corrected chi connectivity index (χ4v) is 1.23. The van der Waals surface area contributed by atoms with Crippen LogP contribution in [-0.2, 0) is 9.53 Å². The van der Waals surface area contributed by atoms with E-state index in [9.17, 15) is 9.90 Å². The molecule has 0 spiro atoms. The lowest BCUT2D eigenvalue weighted by Gasteiger charge is -2.08. The Hall–Kier alpha value is -1.29. The lowest BCUT2D eigenvalue weighted by Crippen LogP contribution is -2.10. The summed E-state index contributed by atoms with van der Waals surface area (Å²) in [5.74, 6) is 0.224. The SMILES string of the molecule is CCOC(=O)CC(O)c1ccoc1C. The Morgan fingerprint density at radius 2 is 2.43 bits per heavy atom. The molecule has 0 aliphatic carbocycles. The van der Waals surface area contributed by atoms with E-state index in [0.29, 0.717) is 17.9 Å². The van der Waals surface area contributed by atoms with Crippen molar-refractivity contribution < 1.29 is 19.1 Å². The monoisotopic (exact) mass is 198 g/mol. The van der Waals surface area contributed by atoms with Gasteiger partial charge in [0.05, 0.1) is 25.4 Å². The van der Waals surface area contributed by atoms with Crippen molar-refractivity contribution in [2.45, 2.75) is 26.4 Å². The number of hydrogen-bond acceptors (Lipinski definition) is 4. The molecule has 4 nitrogen and oxygen atoms in total. The molecule has 0 saturated carbocycles. The molecule has 4 heteroatoms. The van der Waals surface area contributed by atoms with Gasteiger partial charge in [-0.25, -0.2) is 0 Å². The molecule has 0 radical (unpaired) electrons. The van der Waals surface area contributed by atoms with Gasteiger partial charge in [-0.15, -0.1) is 0 Å². The van der Waals surface area contributed by atoms with Crippen LogP contribution in [0.4, 0.5) is 0 Å². The summed E-state index contributed by atoms with van der Waals surface area (Å²) in [5.41, 5.74) is 0.637. The molecule has 1 atom stereocenters. The van der Waals surface area contributed by atoms with Gasteiger partial charge >= 0.3 is 5.97 Å². The highest BCUT2D eigenvalue weighted by Gasteiger charge is 2.17. The highest BCUT2D eigenvalue weighted by molar-refractivity contribution is 5.70. The van der Waals surface area contributed by atoms with Crippen LogP contribution in [0.15, 0.2) is 16.7 Å². The van der Waals surface area contributed by atoms with Gasteiger partial charge in [0.15, 0.2) is 0 Å². The zero-order chi connectivity index (χ0) is 10.6. The number of esters is 1. The lowest BCUT2D eigenvalue weighted by atomic mass is 10.1. The number of ether oxygens (including phenoxy) is 1. The number of carbonyl (C=O) groups is 1. The molecule has 0 bridgehead atoms. The van der Waals surface area contributed by atoms with Crippen LogP contribution < -0.4 is 0 Å². The Balaban J connectivity index is 2.54. The Labute approximate surface area is 82.5 Å². The van der Waals surface area contributed by atoms with Crippen molar-refractivity contribution in [3.63, 3.8) is 0 Å². The van der Waals surface area contributed by atoms with Gasteiger partial charge in [-0.3, -0.25) is 4.79 Å². The third kappa shape index (κ3) is 2.60. The molecule has 14 heavy (non-hydrogen) atoms. The molecule has 0 saturated heterocycles. The molecule has 0 amide bonds. The summed E-state index contributed by atoms with van der Waals surface area (Å²) in [6, 6.07) is 1.65. The zero-order valence-electron chi connectivity index (χ0n) is 8.32. The maximum absolute atomic E-state index is 11.0. The maximum atomic E-state index is 11.0. The average Bonchev–Trinajstić information content (AvgIpc) is 2.51. The van der Waals surface area contributed by atoms with Crippen LogP contribution in [0, 0.1) is 6.92 Å². The molecule has 0 aromatic carbocycles. The van der Waals surface area contributed by atoms with E-state index in [4.69, 9.17) is 9.15 Å². The van der Waals surface area contributed by atoms with Gasteiger partial charge in [-0.2, -0.15) is 0 Å². The second-order valence-electron chi connectivity index (χ2n) is 2.96. The van der Waals surface area contributed by atoms with Crippen molar-refractivity contribution in [2.24, 2.45) is 0 Å². The first-order valence-electron chi connectivity index (χ1n) is 4.52. The van der Waals surface area contributed by atoms with Crippen LogP contribution in [0.5, 0.6) is 0 Å². The summed E-state index contributed by atoms with van der Waals surface area (Å²) >= 11 is 0. The standard InChI is InChI=1S/C10H14O4/c1-3-13-10(12)6-9(11)8-4-5-14-7(8)2/h4-5,9,11H,3,6H2,1-2H3. The number of furan rings is 1. The fourth-order valence-electron chi connectivity index (χ4n) is 1.23. The van der Waals surface area contributed by atoms with Gasteiger partial charge < -0.3 is 14.3 Å². The number of rotatable bonds is 4. The van der Waals surface area contributed by atoms with Gasteiger partial charge in [0.1, 0.15) is 5.76 Å². The van der Waals surface area contributed by atoms with Crippen molar-refractivity contribution in [3.05, 3.63) is 23.7 Å². The van der Waals surface area contributed by atoms with Gasteiger partial charge in [0, 0.05) is 5.56 Å². The fraction of sp³-hybridized carbons (Fsp3) is 0.500. The van der Waals surface area contributed by atoms with Gasteiger partial charge in [-0.1, -0.05) is 0 Å². The van der Waals surface area contributed by atoms with Crippen molar-refractivity contribution in [1.29, 1.82) is 0 Å². The predicted octanol–water partition coefficient (Wildman–Crippen LogP) is 1.57. The number of aliphatic hydroxyl groups is 1. The summed E-state index contributed by atoms with van der Waals surface area (Å²) < 4.78 is 9.74. The molecule has 1 N–H and O–H groups in total. The van der Waals surface area contributed by atoms with Gasteiger partial charge in [-0.05, 0) is 19.9 Å². The van der Waals surface area contributed by atoms with E-state index in [1.54, 1.807) is 19.9 Å². The van der Waals surface area contributed by atoms with E-state index in [-0.39, 0.29) is 6.42 Å². The Morgan fingerprint density at radius 1 is 1.71 bits per heavy atom. The van der Waals surface area contributed by atoms with E-state index in [1.165, 1.54) is 6.26 Å². The third-order valence-electron chi connectivity index (χ3n) is 1.92. The van der Waals surface area contributed by atoms with E-state index in [1.807, 2.05) is 0 Å². The van der Waals surface area contributed by atoms with Gasteiger partial charge in [0.25, 0.3) is 0 Å². The molecule has 1 aromatic heterocycles. The van der Waals surface area contributed by atoms with Crippen LogP contribution in [-0.4, -0.2) is 17.7 Å². The maximum Gasteiger partial charge on any atom is 0.308 e. The Morgan fingerprint density at radius 3 is 2.93 bits per heavy atom. The molecule has 0 aliphatic heterocycles. The van der Waals surface area contributed by atoms with E-state index < -0.39 is 12.1 Å². The zero-order valence-corrected chi connectivity index (χ0v) is 8.32. The summed E-state index contributed by atoms with van der Waals surface area (Å²) in [5, 5.41) is 9.63. The molecule has 78 valence electrons. The first-order valence-corrected chi connectivity index (χ1v) is 4.52. The van der Waals surface area contributed by atoms with E-state index in [2.05, 4.69) is 0 Å². The van der Waals surface area contributed by atoms with Crippen LogP contribution in [0.2, 0.25) is 0 Å². The van der Waals surface area contributed by atoms with Crippen LogP contribution in [0.3, 0.4) is 0 Å². The first kappa shape index (κ1) is 10.8. The van der Waals surface area contributed by atoms with Gasteiger partial charge in [0.2, 0.25) is 0 Å². The molecular formula is C10H14O4. The predicted molar refractivity (Wildman–Crippen MR) is 49.7 cm³/mol. The average molecular weight is 198 g/mol. The van der Waals surface area contributed by atoms with Crippen LogP contribution in [0.25, 0.3) is 0 Å². The Kier molecular flexibility index (Phi) is 3.71. The Bertz CT molecular complexity index is 303. The molecular weight excluding hydrogens is 184 g/mol. The molecule has 1 rings (SSSR count). The lowest BCUT2D eigenvalue weighted by molar-refractivity contribution is -0.145. The molecule has 1 heterocycles. The topological polar surface area (TPSA) is 59.7 Å². The molecule has 1 aromatic rings. The van der Waals surface area contributed by atoms with Crippen LogP contribution >= 0.6 is 0 Å². The minimum Gasteiger partial charge on any atom is -0.469 e. The summed E-state index contributed by atoms with van der Waals surface area (Å²) in [4.78, 5) is 11.0. The van der Waals surface area contributed by atoms with E-state index >= 15 is 0 Å². The minimum absolute atomic E-state index is 0.0335. The van der Waals surface area contributed by atoms with Crippen LogP contribution in [0.1, 0.15) is 30.8 Å². The highest BCUT2D eigenvalue weighted by Crippen LogP contribution is 2.21. The smallest absolute Gasteiger partial charge is 0.308 e. The molecule has 1 unspecified atom stereocenters. The normalized spacial score (nSPS) is 12.5. The van der Waals surface area contributed by atoms with Crippen molar-refractivity contribution in [3.8, 4) is 0 Å². The molecule has 0 aliphatic rings. The number of carbonyl (C=O) groups excluding carboxylic acids is 1. The second-order valence-corrected chi connectivity index (χ2v) is 2.96. The number of hydrogen-bond donors (Lipinski definition) is 1. The highest BCUT2D eigenvalue weighted by atomic mass is 16.5. The second kappa shape index (κ2) is 4.81. The number of aryl methyl sites for hydroxylation is 1. The first-order chi connectivity index (χ1) is 6.65. The van der Waals surface area contributed by atoms with Crippen molar-refractivity contribution in [1.82, 2.24) is 0 Å². The summed E-state index contributed by atoms with van der Waals surface area (Å²) in [7, 11) is 0. The third-order valence-corrected chi connectivity index (χ3v) is 1.92. The summed E-state index contributed by atoms with van der Waals surface area (Å²) in [6.07, 6.45) is 0.612. The molecule has 0 fully saturated rings. The van der Waals surface area contributed by atoms with Crippen molar-refractivity contribution >= 4 is 5.97 Å². The minimum atomic E-state index is -0.840. The number of aliphatic hydroxyl groups excluding tert-OH is 1. The largest absolute Gasteiger partial charge is 0.469 e. The quantitative estimate of drug-likeness (QED) is 0.746. The van der Waals surface area contributed by atoms with Crippen molar-refractivity contribution in [2.75, 3.05) is 6.61 Å². The summed E-state index contributed by atoms with van der Waals surface area (Å²) in [6.45, 7) is 3.80.